The number of hydrogen-bond donors (Lipinski definition) is 3. The molecule has 0 saturated carbocycles. The largest absolute Gasteiger partial charge is 0.355 e. The van der Waals surface area contributed by atoms with E-state index in [9.17, 15) is 8.42 Å². The number of hydrogen-bond acceptors (Lipinski definition) is 5. The van der Waals surface area contributed by atoms with Gasteiger partial charge in [0.2, 0.25) is 10.0 Å². The maximum Gasteiger partial charge on any atom is 0.208 e. The summed E-state index contributed by atoms with van der Waals surface area (Å²) in [6.07, 6.45) is 3.63. The van der Waals surface area contributed by atoms with Gasteiger partial charge in [0.1, 0.15) is 12.2 Å². The summed E-state index contributed by atoms with van der Waals surface area (Å²) >= 11 is 6.19. The summed E-state index contributed by atoms with van der Waals surface area (Å²) < 4.78 is 26.8. The monoisotopic (exact) mass is 555 g/mol. The van der Waals surface area contributed by atoms with Crippen molar-refractivity contribution in [3.8, 4) is 0 Å². The third-order valence-corrected chi connectivity index (χ3v) is 4.90. The topological polar surface area (TPSA) is 113 Å². The van der Waals surface area contributed by atoms with Crippen molar-refractivity contribution in [3.05, 3.63) is 47.0 Å². The van der Waals surface area contributed by atoms with Crippen LogP contribution in [0.3, 0.4) is 0 Å². The highest BCUT2D eigenvalue weighted by Crippen LogP contribution is 2.15. The third kappa shape index (κ3) is 9.74. The van der Waals surface area contributed by atoms with E-state index in [-0.39, 0.29) is 30.5 Å². The van der Waals surface area contributed by atoms with Crippen LogP contribution in [0.2, 0.25) is 5.02 Å². The molecule has 1 aromatic heterocycles. The van der Waals surface area contributed by atoms with E-state index in [0.29, 0.717) is 37.2 Å². The van der Waals surface area contributed by atoms with Crippen LogP contribution < -0.4 is 15.4 Å². The Morgan fingerprint density at radius 2 is 1.93 bits per heavy atom. The zero-order valence-electron chi connectivity index (χ0n) is 16.4. The van der Waals surface area contributed by atoms with Gasteiger partial charge in [0.15, 0.2) is 5.96 Å². The van der Waals surface area contributed by atoms with E-state index in [4.69, 9.17) is 11.6 Å². The highest BCUT2D eigenvalue weighted by atomic mass is 127. The highest BCUT2D eigenvalue weighted by molar-refractivity contribution is 14.0. The van der Waals surface area contributed by atoms with Crippen molar-refractivity contribution in [3.63, 3.8) is 0 Å². The van der Waals surface area contributed by atoms with Crippen molar-refractivity contribution in [1.82, 2.24) is 30.1 Å². The molecule has 0 unspecified atom stereocenters. The predicted octanol–water partition coefficient (Wildman–Crippen LogP) is 1.40. The van der Waals surface area contributed by atoms with Crippen LogP contribution in [0, 0.1) is 0 Å². The minimum Gasteiger partial charge on any atom is -0.355 e. The van der Waals surface area contributed by atoms with Crippen molar-refractivity contribution >= 4 is 51.6 Å². The molecule has 0 aliphatic heterocycles. The molecule has 9 nitrogen and oxygen atoms in total. The molecule has 0 atom stereocenters. The van der Waals surface area contributed by atoms with Crippen LogP contribution in [0.1, 0.15) is 18.3 Å². The van der Waals surface area contributed by atoms with E-state index >= 15 is 0 Å². The van der Waals surface area contributed by atoms with E-state index in [0.717, 1.165) is 24.1 Å². The quantitative estimate of drug-likeness (QED) is 0.177. The first-order chi connectivity index (χ1) is 13.4. The molecule has 2 aromatic rings. The number of sulfonamides is 1. The Balaban J connectivity index is 0.00000420. The predicted molar refractivity (Wildman–Crippen MR) is 126 cm³/mol. The van der Waals surface area contributed by atoms with Gasteiger partial charge in [-0.3, -0.25) is 0 Å². The zero-order valence-corrected chi connectivity index (χ0v) is 20.3. The summed E-state index contributed by atoms with van der Waals surface area (Å²) in [7, 11) is -3.22. The van der Waals surface area contributed by atoms with E-state index in [2.05, 4.69) is 30.5 Å². The third-order valence-electron chi connectivity index (χ3n) is 3.80. The minimum atomic E-state index is -3.22. The molecular formula is C17H27ClIN7O2S. The number of aryl methyl sites for hydroxylation is 1. The molecule has 29 heavy (non-hydrogen) atoms. The maximum atomic E-state index is 11.2. The Bertz CT molecular complexity index is 889. The molecule has 1 aromatic carbocycles. The van der Waals surface area contributed by atoms with Crippen LogP contribution in [0.5, 0.6) is 0 Å². The average Bonchev–Trinajstić information content (AvgIpc) is 3.10. The number of nitrogens with one attached hydrogen (secondary N) is 3. The lowest BCUT2D eigenvalue weighted by Gasteiger charge is -2.14. The standard InChI is InChI=1S/C17H26ClN7O2S.HI/c1-3-16-24-22-13-25(16)11-10-20-17(19-8-9-23-28(2,26)27)21-12-14-6-4-5-7-15(14)18;/h4-7,13,23H,3,8-12H2,1-2H3,(H2,19,20,21);1H. The van der Waals surface area contributed by atoms with Gasteiger partial charge in [0, 0.05) is 37.6 Å². The Morgan fingerprint density at radius 3 is 2.62 bits per heavy atom. The molecule has 0 aliphatic carbocycles. The number of benzene rings is 1. The van der Waals surface area contributed by atoms with Crippen LogP contribution in [0.25, 0.3) is 0 Å². The van der Waals surface area contributed by atoms with E-state index < -0.39 is 10.0 Å². The van der Waals surface area contributed by atoms with Gasteiger partial charge in [0.25, 0.3) is 0 Å². The van der Waals surface area contributed by atoms with Crippen LogP contribution in [-0.2, 0) is 29.5 Å². The summed E-state index contributed by atoms with van der Waals surface area (Å²) in [5.74, 6) is 1.49. The van der Waals surface area contributed by atoms with E-state index in [1.54, 1.807) is 6.33 Å². The molecule has 3 N–H and O–H groups in total. The number of guanidine groups is 1. The Labute approximate surface area is 193 Å². The number of aromatic nitrogens is 3. The maximum absolute atomic E-state index is 11.2. The first-order valence-corrected chi connectivity index (χ1v) is 11.2. The van der Waals surface area contributed by atoms with Crippen molar-refractivity contribution in [2.24, 2.45) is 4.99 Å². The second-order valence-corrected chi connectivity index (χ2v) is 8.31. The van der Waals surface area contributed by atoms with Gasteiger partial charge < -0.3 is 15.2 Å². The fourth-order valence-corrected chi connectivity index (χ4v) is 3.09. The van der Waals surface area contributed by atoms with Gasteiger partial charge in [-0.25, -0.2) is 18.1 Å². The lowest BCUT2D eigenvalue weighted by molar-refractivity contribution is 0.586. The lowest BCUT2D eigenvalue weighted by Crippen LogP contribution is -2.42. The molecule has 0 radical (unpaired) electrons. The average molecular weight is 556 g/mol. The molecule has 0 saturated heterocycles. The molecule has 0 aliphatic rings. The smallest absolute Gasteiger partial charge is 0.208 e. The molecule has 1 heterocycles. The SMILES string of the molecule is CCc1nncn1CCNC(=NCc1ccccc1Cl)NCCNS(C)(=O)=O.I. The summed E-state index contributed by atoms with van der Waals surface area (Å²) in [4.78, 5) is 4.54. The fraction of sp³-hybridized carbons (Fsp3) is 0.471. The number of nitrogens with zero attached hydrogens (tertiary/aromatic N) is 4. The van der Waals surface area contributed by atoms with Crippen LogP contribution in [-0.4, -0.2) is 55.0 Å². The number of aliphatic imine (C=N–C) groups is 1. The number of halogens is 2. The van der Waals surface area contributed by atoms with E-state index in [1.165, 1.54) is 0 Å². The zero-order chi connectivity index (χ0) is 20.4. The number of rotatable bonds is 10. The molecule has 0 bridgehead atoms. The molecule has 0 spiro atoms. The summed E-state index contributed by atoms with van der Waals surface area (Å²) in [6.45, 7) is 4.39. The summed E-state index contributed by atoms with van der Waals surface area (Å²) in [5.41, 5.74) is 0.909. The lowest BCUT2D eigenvalue weighted by atomic mass is 10.2. The Kier molecular flexibility index (Phi) is 11.5. The first-order valence-electron chi connectivity index (χ1n) is 8.96. The normalized spacial score (nSPS) is 11.8. The van der Waals surface area contributed by atoms with Gasteiger partial charge in [-0.1, -0.05) is 36.7 Å². The Morgan fingerprint density at radius 1 is 1.21 bits per heavy atom. The highest BCUT2D eigenvalue weighted by Gasteiger charge is 2.05. The van der Waals surface area contributed by atoms with Crippen molar-refractivity contribution in [2.75, 3.05) is 25.9 Å². The molecule has 0 fully saturated rings. The first kappa shape index (κ1) is 25.6. The van der Waals surface area contributed by atoms with Crippen molar-refractivity contribution in [1.29, 1.82) is 0 Å². The minimum absolute atomic E-state index is 0. The van der Waals surface area contributed by atoms with Crippen LogP contribution in [0.15, 0.2) is 35.6 Å². The van der Waals surface area contributed by atoms with Crippen LogP contribution >= 0.6 is 35.6 Å². The second-order valence-electron chi connectivity index (χ2n) is 6.07. The molecular weight excluding hydrogens is 529 g/mol. The Hall–Kier alpha value is -1.44. The molecule has 162 valence electrons. The van der Waals surface area contributed by atoms with Crippen molar-refractivity contribution < 1.29 is 8.42 Å². The molecule has 2 rings (SSSR count). The molecule has 0 amide bonds. The van der Waals surface area contributed by atoms with Gasteiger partial charge >= 0.3 is 0 Å². The fourth-order valence-electron chi connectivity index (χ4n) is 2.42. The summed E-state index contributed by atoms with van der Waals surface area (Å²) in [6, 6.07) is 7.51. The molecule has 12 heteroatoms. The van der Waals surface area contributed by atoms with E-state index in [1.807, 2.05) is 35.8 Å². The van der Waals surface area contributed by atoms with Crippen molar-refractivity contribution in [2.45, 2.75) is 26.4 Å². The van der Waals surface area contributed by atoms with Gasteiger partial charge in [-0.2, -0.15) is 0 Å². The second kappa shape index (κ2) is 13.0. The van der Waals surface area contributed by atoms with Gasteiger partial charge in [-0.05, 0) is 11.6 Å². The van der Waals surface area contributed by atoms with Gasteiger partial charge in [-0.15, -0.1) is 34.2 Å². The van der Waals surface area contributed by atoms with Crippen LogP contribution in [0.4, 0.5) is 0 Å². The summed E-state index contributed by atoms with van der Waals surface area (Å²) in [5, 5.41) is 15.0. The van der Waals surface area contributed by atoms with Gasteiger partial charge in [0.05, 0.1) is 12.8 Å².